The second-order valence-electron chi connectivity index (χ2n) is 7.67. The first-order chi connectivity index (χ1) is 16.7. The van der Waals surface area contributed by atoms with Gasteiger partial charge in [-0.2, -0.15) is 0 Å². The topological polar surface area (TPSA) is 79.8 Å². The minimum atomic E-state index is -0.0903. The first-order valence-electron chi connectivity index (χ1n) is 11.3. The standard InChI is InChI=1S/C25H29N5O3S/c1-3-33-20-10-8-19(9-11-20)26-24(31)18-34-25-13-12-23(27-28-25)30-16-14-29(15-17-30)21-6-4-5-7-22(21)32-2/h4-13H,3,14-18H2,1-2H3,(H,26,31). The van der Waals surface area contributed by atoms with Crippen LogP contribution in [0.4, 0.5) is 17.2 Å². The minimum Gasteiger partial charge on any atom is -0.495 e. The molecule has 0 spiro atoms. The highest BCUT2D eigenvalue weighted by molar-refractivity contribution is 7.99. The molecule has 0 atom stereocenters. The van der Waals surface area contributed by atoms with Crippen LogP contribution in [0.5, 0.6) is 11.5 Å². The first-order valence-corrected chi connectivity index (χ1v) is 12.3. The maximum absolute atomic E-state index is 12.3. The van der Waals surface area contributed by atoms with Crippen LogP contribution in [0.15, 0.2) is 65.7 Å². The van der Waals surface area contributed by atoms with E-state index in [1.54, 1.807) is 7.11 Å². The Morgan fingerprint density at radius 3 is 2.38 bits per heavy atom. The van der Waals surface area contributed by atoms with E-state index in [1.807, 2.05) is 61.5 Å². The number of carbonyl (C=O) groups excluding carboxylic acids is 1. The molecular weight excluding hydrogens is 450 g/mol. The Hall–Kier alpha value is -3.46. The molecule has 1 aliphatic heterocycles. The molecule has 1 saturated heterocycles. The van der Waals surface area contributed by atoms with Gasteiger partial charge < -0.3 is 24.6 Å². The van der Waals surface area contributed by atoms with Gasteiger partial charge in [0.1, 0.15) is 16.5 Å². The van der Waals surface area contributed by atoms with Crippen LogP contribution in [-0.2, 0) is 4.79 Å². The second-order valence-corrected chi connectivity index (χ2v) is 8.67. The zero-order valence-corrected chi connectivity index (χ0v) is 20.3. The summed E-state index contributed by atoms with van der Waals surface area (Å²) in [5.74, 6) is 2.70. The Bertz CT molecular complexity index is 1070. The summed E-state index contributed by atoms with van der Waals surface area (Å²) < 4.78 is 10.9. The van der Waals surface area contributed by atoms with Crippen molar-refractivity contribution in [1.82, 2.24) is 10.2 Å². The van der Waals surface area contributed by atoms with Crippen molar-refractivity contribution < 1.29 is 14.3 Å². The average Bonchev–Trinajstić information content (AvgIpc) is 2.89. The quantitative estimate of drug-likeness (QED) is 0.463. The predicted molar refractivity (Wildman–Crippen MR) is 136 cm³/mol. The molecule has 34 heavy (non-hydrogen) atoms. The number of nitrogens with one attached hydrogen (secondary N) is 1. The zero-order chi connectivity index (χ0) is 23.8. The van der Waals surface area contributed by atoms with Gasteiger partial charge in [-0.15, -0.1) is 10.2 Å². The molecule has 1 N–H and O–H groups in total. The summed E-state index contributed by atoms with van der Waals surface area (Å²) in [7, 11) is 1.70. The van der Waals surface area contributed by atoms with Crippen LogP contribution in [-0.4, -0.2) is 61.8 Å². The summed E-state index contributed by atoms with van der Waals surface area (Å²) in [6.45, 7) is 6.01. The number of piperazine rings is 1. The van der Waals surface area contributed by atoms with E-state index in [2.05, 4.69) is 31.4 Å². The number of benzene rings is 2. The van der Waals surface area contributed by atoms with Gasteiger partial charge >= 0.3 is 0 Å². The predicted octanol–water partition coefficient (Wildman–Crippen LogP) is 3.94. The molecule has 9 heteroatoms. The highest BCUT2D eigenvalue weighted by Gasteiger charge is 2.20. The van der Waals surface area contributed by atoms with E-state index in [-0.39, 0.29) is 11.7 Å². The number of rotatable bonds is 9. The van der Waals surface area contributed by atoms with Crippen molar-refractivity contribution in [3.63, 3.8) is 0 Å². The molecule has 3 aromatic rings. The number of amides is 1. The van der Waals surface area contributed by atoms with Crippen LogP contribution in [0, 0.1) is 0 Å². The van der Waals surface area contributed by atoms with Crippen molar-refractivity contribution >= 4 is 34.9 Å². The average molecular weight is 480 g/mol. The summed E-state index contributed by atoms with van der Waals surface area (Å²) in [5, 5.41) is 12.3. The highest BCUT2D eigenvalue weighted by atomic mass is 32.2. The van der Waals surface area contributed by atoms with E-state index < -0.39 is 0 Å². The molecule has 0 bridgehead atoms. The maximum atomic E-state index is 12.3. The lowest BCUT2D eigenvalue weighted by molar-refractivity contribution is -0.113. The highest BCUT2D eigenvalue weighted by Crippen LogP contribution is 2.29. The Kier molecular flexibility index (Phi) is 8.08. The van der Waals surface area contributed by atoms with Gasteiger partial charge in [0.15, 0.2) is 5.82 Å². The lowest BCUT2D eigenvalue weighted by Gasteiger charge is -2.37. The van der Waals surface area contributed by atoms with E-state index in [1.165, 1.54) is 11.8 Å². The van der Waals surface area contributed by atoms with Gasteiger partial charge in [-0.1, -0.05) is 23.9 Å². The Morgan fingerprint density at radius 1 is 0.971 bits per heavy atom. The van der Waals surface area contributed by atoms with Crippen molar-refractivity contribution in [2.24, 2.45) is 0 Å². The smallest absolute Gasteiger partial charge is 0.234 e. The normalized spacial score (nSPS) is 13.5. The number of aromatic nitrogens is 2. The number of hydrogen-bond acceptors (Lipinski definition) is 8. The largest absolute Gasteiger partial charge is 0.495 e. The number of hydrogen-bond donors (Lipinski definition) is 1. The van der Waals surface area contributed by atoms with Crippen molar-refractivity contribution in [2.45, 2.75) is 11.9 Å². The number of carbonyl (C=O) groups is 1. The van der Waals surface area contributed by atoms with Gasteiger partial charge in [-0.25, -0.2) is 0 Å². The Balaban J connectivity index is 1.24. The molecule has 1 aliphatic rings. The van der Waals surface area contributed by atoms with E-state index >= 15 is 0 Å². The van der Waals surface area contributed by atoms with E-state index in [4.69, 9.17) is 9.47 Å². The molecule has 0 unspecified atom stereocenters. The molecule has 4 rings (SSSR count). The third-order valence-electron chi connectivity index (χ3n) is 5.46. The fourth-order valence-corrected chi connectivity index (χ4v) is 4.38. The van der Waals surface area contributed by atoms with Crippen LogP contribution in [0.25, 0.3) is 0 Å². The molecule has 8 nitrogen and oxygen atoms in total. The summed E-state index contributed by atoms with van der Waals surface area (Å²) >= 11 is 1.37. The first kappa shape index (κ1) is 23.7. The summed E-state index contributed by atoms with van der Waals surface area (Å²) in [5.41, 5.74) is 1.86. The number of methoxy groups -OCH3 is 1. The van der Waals surface area contributed by atoms with Gasteiger partial charge in [0, 0.05) is 31.9 Å². The third-order valence-corrected chi connectivity index (χ3v) is 6.38. The number of ether oxygens (including phenoxy) is 2. The van der Waals surface area contributed by atoms with Gasteiger partial charge in [-0.3, -0.25) is 4.79 Å². The fourth-order valence-electron chi connectivity index (χ4n) is 3.76. The molecule has 1 fully saturated rings. The zero-order valence-electron chi connectivity index (χ0n) is 19.4. The van der Waals surface area contributed by atoms with Crippen LogP contribution in [0.2, 0.25) is 0 Å². The van der Waals surface area contributed by atoms with Crippen LogP contribution >= 0.6 is 11.8 Å². The van der Waals surface area contributed by atoms with Crippen LogP contribution in [0.3, 0.4) is 0 Å². The molecule has 2 aromatic carbocycles. The minimum absolute atomic E-state index is 0.0903. The van der Waals surface area contributed by atoms with Gasteiger partial charge in [0.25, 0.3) is 0 Å². The molecule has 2 heterocycles. The molecule has 0 aliphatic carbocycles. The number of nitrogens with zero attached hydrogens (tertiary/aromatic N) is 4. The van der Waals surface area contributed by atoms with Crippen molar-refractivity contribution in [2.75, 3.05) is 60.8 Å². The van der Waals surface area contributed by atoms with E-state index in [9.17, 15) is 4.79 Å². The monoisotopic (exact) mass is 479 g/mol. The van der Waals surface area contributed by atoms with E-state index in [0.717, 1.165) is 59.9 Å². The van der Waals surface area contributed by atoms with Gasteiger partial charge in [0.2, 0.25) is 5.91 Å². The SMILES string of the molecule is CCOc1ccc(NC(=O)CSc2ccc(N3CCN(c4ccccc4OC)CC3)nn2)cc1. The van der Waals surface area contributed by atoms with Crippen LogP contribution < -0.4 is 24.6 Å². The Labute approximate surface area is 204 Å². The number of para-hydroxylation sites is 2. The lowest BCUT2D eigenvalue weighted by Crippen LogP contribution is -2.47. The molecule has 1 aromatic heterocycles. The van der Waals surface area contributed by atoms with Crippen molar-refractivity contribution in [1.29, 1.82) is 0 Å². The number of anilines is 3. The molecule has 0 radical (unpaired) electrons. The molecule has 178 valence electrons. The fraction of sp³-hybridized carbons (Fsp3) is 0.320. The van der Waals surface area contributed by atoms with E-state index in [0.29, 0.717) is 6.61 Å². The van der Waals surface area contributed by atoms with Gasteiger partial charge in [-0.05, 0) is 55.5 Å². The second kappa shape index (κ2) is 11.6. The summed E-state index contributed by atoms with van der Waals surface area (Å²) in [6.07, 6.45) is 0. The summed E-state index contributed by atoms with van der Waals surface area (Å²) in [6, 6.07) is 19.3. The molecular formula is C25H29N5O3S. The summed E-state index contributed by atoms with van der Waals surface area (Å²) in [4.78, 5) is 16.8. The van der Waals surface area contributed by atoms with Crippen molar-refractivity contribution in [3.05, 3.63) is 60.7 Å². The molecule has 0 saturated carbocycles. The number of thioether (sulfide) groups is 1. The third kappa shape index (κ3) is 6.11. The van der Waals surface area contributed by atoms with Gasteiger partial charge in [0.05, 0.1) is 25.2 Å². The Morgan fingerprint density at radius 2 is 1.71 bits per heavy atom. The van der Waals surface area contributed by atoms with Crippen molar-refractivity contribution in [3.8, 4) is 11.5 Å². The van der Waals surface area contributed by atoms with Crippen LogP contribution in [0.1, 0.15) is 6.92 Å². The molecule has 1 amide bonds. The lowest BCUT2D eigenvalue weighted by atomic mass is 10.2. The maximum Gasteiger partial charge on any atom is 0.234 e.